The number of esters is 2. The summed E-state index contributed by atoms with van der Waals surface area (Å²) in [7, 11) is 0. The van der Waals surface area contributed by atoms with E-state index in [2.05, 4.69) is 0 Å². The van der Waals surface area contributed by atoms with Crippen molar-refractivity contribution in [3.05, 3.63) is 66.2 Å². The van der Waals surface area contributed by atoms with Crippen molar-refractivity contribution in [1.82, 2.24) is 0 Å². The molecule has 7 heteroatoms. The van der Waals surface area contributed by atoms with E-state index in [0.29, 0.717) is 6.61 Å². The third-order valence-corrected chi connectivity index (χ3v) is 5.77. The monoisotopic (exact) mass is 430 g/mol. The zero-order chi connectivity index (χ0) is 21.5. The van der Waals surface area contributed by atoms with Crippen LogP contribution in [0.3, 0.4) is 0 Å². The van der Waals surface area contributed by atoms with E-state index in [1.54, 1.807) is 6.92 Å². The quantitative estimate of drug-likeness (QED) is 0.616. The molecule has 1 aliphatic rings. The molecule has 30 heavy (non-hydrogen) atoms. The van der Waals surface area contributed by atoms with Crippen LogP contribution >= 0.6 is 11.8 Å². The Balaban J connectivity index is 1.88. The van der Waals surface area contributed by atoms with E-state index >= 15 is 0 Å². The molecule has 0 N–H and O–H groups in total. The van der Waals surface area contributed by atoms with Crippen molar-refractivity contribution in [1.29, 1.82) is 0 Å². The number of hydrogen-bond acceptors (Lipinski definition) is 7. The van der Waals surface area contributed by atoms with Gasteiger partial charge in [-0.15, -0.1) is 0 Å². The molecule has 0 spiro atoms. The number of carbonyl (C=O) groups is 2. The predicted octanol–water partition coefficient (Wildman–Crippen LogP) is 3.97. The van der Waals surface area contributed by atoms with Gasteiger partial charge in [-0.2, -0.15) is 0 Å². The van der Waals surface area contributed by atoms with Crippen LogP contribution in [0.1, 0.15) is 26.3 Å². The van der Waals surface area contributed by atoms with Gasteiger partial charge >= 0.3 is 11.9 Å². The summed E-state index contributed by atoms with van der Waals surface area (Å²) in [5.74, 6) is -0.938. The van der Waals surface area contributed by atoms with E-state index in [0.717, 1.165) is 10.5 Å². The molecule has 0 aliphatic carbocycles. The number of benzene rings is 2. The highest BCUT2D eigenvalue weighted by atomic mass is 32.2. The summed E-state index contributed by atoms with van der Waals surface area (Å²) in [6, 6.07) is 19.5. The van der Waals surface area contributed by atoms with Gasteiger partial charge in [-0.05, 0) is 24.6 Å². The minimum absolute atomic E-state index is 0.305. The predicted molar refractivity (Wildman–Crippen MR) is 113 cm³/mol. The van der Waals surface area contributed by atoms with Crippen molar-refractivity contribution < 1.29 is 28.5 Å². The first-order chi connectivity index (χ1) is 14.4. The Morgan fingerprint density at radius 3 is 2.03 bits per heavy atom. The second kappa shape index (κ2) is 10.6. The van der Waals surface area contributed by atoms with Crippen molar-refractivity contribution in [3.63, 3.8) is 0 Å². The highest BCUT2D eigenvalue weighted by molar-refractivity contribution is 7.99. The average Bonchev–Trinajstić information content (AvgIpc) is 2.71. The molecule has 0 aromatic heterocycles. The lowest BCUT2D eigenvalue weighted by molar-refractivity contribution is -0.232. The maximum absolute atomic E-state index is 11.9. The van der Waals surface area contributed by atoms with Crippen LogP contribution in [0, 0.1) is 0 Å². The summed E-state index contributed by atoms with van der Waals surface area (Å²) in [6.45, 7) is 4.76. The Kier molecular flexibility index (Phi) is 7.90. The Morgan fingerprint density at radius 1 is 0.867 bits per heavy atom. The molecule has 160 valence electrons. The Morgan fingerprint density at radius 2 is 1.43 bits per heavy atom. The number of hydrogen-bond donors (Lipinski definition) is 0. The van der Waals surface area contributed by atoms with E-state index in [1.165, 1.54) is 25.6 Å². The van der Waals surface area contributed by atoms with Gasteiger partial charge in [0.05, 0.1) is 12.7 Å². The van der Waals surface area contributed by atoms with Gasteiger partial charge < -0.3 is 18.9 Å². The first-order valence-electron chi connectivity index (χ1n) is 9.81. The SMILES string of the molecule is CC(=O)O[C@@H]1[C@@H](OC(C)=O)[C@H](C)O[C@H](Sc2ccccc2)[C@@H]1OCc1ccccc1. The third-order valence-electron chi connectivity index (χ3n) is 4.61. The molecule has 0 bridgehead atoms. The van der Waals surface area contributed by atoms with Gasteiger partial charge in [0.1, 0.15) is 11.5 Å². The minimum atomic E-state index is -0.792. The van der Waals surface area contributed by atoms with E-state index in [-0.39, 0.29) is 0 Å². The minimum Gasteiger partial charge on any atom is -0.456 e. The summed E-state index contributed by atoms with van der Waals surface area (Å²) in [4.78, 5) is 24.5. The number of thioether (sulfide) groups is 1. The van der Waals surface area contributed by atoms with Crippen LogP contribution in [-0.2, 0) is 35.1 Å². The zero-order valence-electron chi connectivity index (χ0n) is 17.2. The molecule has 1 heterocycles. The van der Waals surface area contributed by atoms with Gasteiger partial charge in [0.2, 0.25) is 0 Å². The smallest absolute Gasteiger partial charge is 0.303 e. The number of carbonyl (C=O) groups excluding carboxylic acids is 2. The van der Waals surface area contributed by atoms with E-state index in [4.69, 9.17) is 18.9 Å². The van der Waals surface area contributed by atoms with Crippen molar-refractivity contribution in [2.75, 3.05) is 0 Å². The molecule has 0 saturated carbocycles. The molecular formula is C23H26O6S. The maximum Gasteiger partial charge on any atom is 0.303 e. The molecule has 0 amide bonds. The Labute approximate surface area is 180 Å². The first kappa shape index (κ1) is 22.3. The number of rotatable bonds is 7. The van der Waals surface area contributed by atoms with E-state index in [1.807, 2.05) is 60.7 Å². The summed E-state index contributed by atoms with van der Waals surface area (Å²) < 4.78 is 23.5. The molecule has 5 atom stereocenters. The van der Waals surface area contributed by atoms with Crippen LogP contribution < -0.4 is 0 Å². The lowest BCUT2D eigenvalue weighted by Gasteiger charge is -2.44. The third kappa shape index (κ3) is 6.08. The lowest BCUT2D eigenvalue weighted by Crippen LogP contribution is -2.59. The Bertz CT molecular complexity index is 828. The van der Waals surface area contributed by atoms with Gasteiger partial charge in [-0.25, -0.2) is 0 Å². The molecule has 6 nitrogen and oxygen atoms in total. The molecule has 2 aromatic carbocycles. The van der Waals surface area contributed by atoms with Crippen molar-refractivity contribution in [2.24, 2.45) is 0 Å². The zero-order valence-corrected chi connectivity index (χ0v) is 18.0. The van der Waals surface area contributed by atoms with Gasteiger partial charge in [0.15, 0.2) is 12.2 Å². The fraction of sp³-hybridized carbons (Fsp3) is 0.391. The van der Waals surface area contributed by atoms with Crippen LogP contribution in [0.25, 0.3) is 0 Å². The van der Waals surface area contributed by atoms with Gasteiger partial charge in [0, 0.05) is 18.7 Å². The largest absolute Gasteiger partial charge is 0.456 e. The van der Waals surface area contributed by atoms with Crippen molar-refractivity contribution in [2.45, 2.75) is 62.1 Å². The fourth-order valence-corrected chi connectivity index (χ4v) is 4.50. The standard InChI is InChI=1S/C23H26O6S/c1-15-20(28-16(2)24)21(29-17(3)25)22(26-14-18-10-6-4-7-11-18)23(27-15)30-19-12-8-5-9-13-19/h4-13,15,20-23H,14H2,1-3H3/t15-,20-,21+,22+,23+/m0/s1. The van der Waals surface area contributed by atoms with Gasteiger partial charge in [-0.3, -0.25) is 9.59 Å². The van der Waals surface area contributed by atoms with E-state index < -0.39 is 41.8 Å². The first-order valence-corrected chi connectivity index (χ1v) is 10.7. The van der Waals surface area contributed by atoms with Crippen LogP contribution in [0.2, 0.25) is 0 Å². The molecule has 0 radical (unpaired) electrons. The van der Waals surface area contributed by atoms with Gasteiger partial charge in [0.25, 0.3) is 0 Å². The average molecular weight is 431 g/mol. The molecule has 3 rings (SSSR count). The van der Waals surface area contributed by atoms with Crippen molar-refractivity contribution >= 4 is 23.7 Å². The molecule has 0 unspecified atom stereocenters. The second-order valence-corrected chi connectivity index (χ2v) is 8.22. The normalized spacial score (nSPS) is 26.0. The fourth-order valence-electron chi connectivity index (χ4n) is 3.32. The van der Waals surface area contributed by atoms with Crippen LogP contribution in [0.15, 0.2) is 65.6 Å². The maximum atomic E-state index is 11.9. The second-order valence-electron chi connectivity index (χ2n) is 7.05. The lowest BCUT2D eigenvalue weighted by atomic mass is 10.00. The molecule has 1 aliphatic heterocycles. The highest BCUT2D eigenvalue weighted by Gasteiger charge is 2.49. The van der Waals surface area contributed by atoms with Crippen LogP contribution in [0.4, 0.5) is 0 Å². The topological polar surface area (TPSA) is 71.1 Å². The molecule has 1 fully saturated rings. The van der Waals surface area contributed by atoms with E-state index in [9.17, 15) is 9.59 Å². The van der Waals surface area contributed by atoms with Gasteiger partial charge in [-0.1, -0.05) is 60.3 Å². The summed E-state index contributed by atoms with van der Waals surface area (Å²) in [6.07, 6.45) is -2.67. The number of ether oxygens (including phenoxy) is 4. The molecule has 1 saturated heterocycles. The molecular weight excluding hydrogens is 404 g/mol. The van der Waals surface area contributed by atoms with Crippen molar-refractivity contribution in [3.8, 4) is 0 Å². The Hall–Kier alpha value is -2.35. The summed E-state index contributed by atoms with van der Waals surface area (Å²) in [5, 5.41) is 0. The summed E-state index contributed by atoms with van der Waals surface area (Å²) >= 11 is 1.48. The van der Waals surface area contributed by atoms with Crippen LogP contribution in [0.5, 0.6) is 0 Å². The summed E-state index contributed by atoms with van der Waals surface area (Å²) in [5.41, 5.74) is 0.521. The molecule has 2 aromatic rings. The highest BCUT2D eigenvalue weighted by Crippen LogP contribution is 2.37. The van der Waals surface area contributed by atoms with Crippen LogP contribution in [-0.4, -0.2) is 41.8 Å².